The second-order valence-corrected chi connectivity index (χ2v) is 8.62. The molecule has 4 nitrogen and oxygen atoms in total. The first-order valence-electron chi connectivity index (χ1n) is 11.0. The topological polar surface area (TPSA) is 52.6 Å². The molecule has 3 aromatic carbocycles. The Morgan fingerprint density at radius 3 is 1.78 bits per heavy atom. The Bertz CT molecular complexity index is 1070. The van der Waals surface area contributed by atoms with E-state index < -0.39 is 11.9 Å². The van der Waals surface area contributed by atoms with Crippen LogP contribution in [-0.4, -0.2) is 25.2 Å². The van der Waals surface area contributed by atoms with Crippen LogP contribution < -0.4 is 0 Å². The van der Waals surface area contributed by atoms with E-state index in [1.54, 1.807) is 12.1 Å². The van der Waals surface area contributed by atoms with Crippen LogP contribution >= 0.6 is 0 Å². The number of esters is 2. The minimum atomic E-state index is -0.520. The van der Waals surface area contributed by atoms with Crippen LogP contribution in [0.3, 0.4) is 0 Å². The van der Waals surface area contributed by atoms with Gasteiger partial charge in [-0.05, 0) is 40.2 Å². The zero-order valence-electron chi connectivity index (χ0n) is 19.1. The molecule has 0 spiro atoms. The van der Waals surface area contributed by atoms with Crippen LogP contribution in [0.25, 0.3) is 22.3 Å². The molecule has 0 heterocycles. The summed E-state index contributed by atoms with van der Waals surface area (Å²) in [6, 6.07) is 23.1. The molecule has 0 saturated heterocycles. The minimum Gasteiger partial charge on any atom is -0.462 e. The summed E-state index contributed by atoms with van der Waals surface area (Å²) in [4.78, 5) is 26.1. The van der Waals surface area contributed by atoms with Crippen LogP contribution in [0.15, 0.2) is 72.8 Å². The Balaban J connectivity index is 2.15. The van der Waals surface area contributed by atoms with E-state index in [-0.39, 0.29) is 36.2 Å². The second kappa shape index (κ2) is 10.8. The molecule has 0 radical (unpaired) electrons. The summed E-state index contributed by atoms with van der Waals surface area (Å²) < 4.78 is 11.0. The van der Waals surface area contributed by atoms with Crippen LogP contribution in [0.2, 0.25) is 0 Å². The number of hydrogen-bond acceptors (Lipinski definition) is 4. The van der Waals surface area contributed by atoms with Crippen molar-refractivity contribution < 1.29 is 19.1 Å². The smallest absolute Gasteiger partial charge is 0.339 e. The Kier molecular flexibility index (Phi) is 7.82. The normalized spacial score (nSPS) is 10.9. The predicted octanol–water partition coefficient (Wildman–Crippen LogP) is 6.65. The van der Waals surface area contributed by atoms with Gasteiger partial charge < -0.3 is 9.47 Å². The van der Waals surface area contributed by atoms with E-state index in [0.717, 1.165) is 16.7 Å². The third kappa shape index (κ3) is 5.64. The van der Waals surface area contributed by atoms with Crippen molar-refractivity contribution >= 4 is 11.9 Å². The summed E-state index contributed by atoms with van der Waals surface area (Å²) in [6.07, 6.45) is 0. The molecule has 0 unspecified atom stereocenters. The maximum Gasteiger partial charge on any atom is 0.339 e. The van der Waals surface area contributed by atoms with Crippen molar-refractivity contribution in [2.45, 2.75) is 27.7 Å². The summed E-state index contributed by atoms with van der Waals surface area (Å²) in [5.74, 6) is -0.667. The average molecular weight is 431 g/mol. The quantitative estimate of drug-likeness (QED) is 0.376. The third-order valence-corrected chi connectivity index (χ3v) is 4.89. The van der Waals surface area contributed by atoms with E-state index in [9.17, 15) is 9.59 Å². The molecule has 0 fully saturated rings. The Morgan fingerprint density at radius 1 is 0.625 bits per heavy atom. The van der Waals surface area contributed by atoms with Gasteiger partial charge in [0, 0.05) is 0 Å². The van der Waals surface area contributed by atoms with Gasteiger partial charge in [-0.15, -0.1) is 0 Å². The van der Waals surface area contributed by atoms with Crippen molar-refractivity contribution in [2.75, 3.05) is 13.2 Å². The maximum absolute atomic E-state index is 13.2. The van der Waals surface area contributed by atoms with Gasteiger partial charge in [0.05, 0.1) is 24.3 Å². The number of hydrogen-bond donors (Lipinski definition) is 0. The fourth-order valence-corrected chi connectivity index (χ4v) is 3.39. The lowest BCUT2D eigenvalue weighted by atomic mass is 9.89. The highest BCUT2D eigenvalue weighted by Gasteiger charge is 2.25. The molecule has 3 rings (SSSR count). The highest BCUT2D eigenvalue weighted by Crippen LogP contribution is 2.35. The number of carbonyl (C=O) groups excluding carboxylic acids is 2. The lowest BCUT2D eigenvalue weighted by Gasteiger charge is -2.17. The first-order valence-corrected chi connectivity index (χ1v) is 11.0. The number of carbonyl (C=O) groups is 2. The standard InChI is InChI=1S/C28H30O4/c1-19(2)17-31-27(29)25-16-10-15-24(26(25)28(30)32-18-20(3)4)23-14-9-8-13-22(23)21-11-6-5-7-12-21/h5-16,19-20H,17-18H2,1-4H3. The van der Waals surface area contributed by atoms with E-state index in [4.69, 9.17) is 9.47 Å². The molecule has 4 heteroatoms. The van der Waals surface area contributed by atoms with Gasteiger partial charge in [0.2, 0.25) is 0 Å². The Labute approximate surface area is 190 Å². The van der Waals surface area contributed by atoms with E-state index in [1.165, 1.54) is 0 Å². The van der Waals surface area contributed by atoms with Gasteiger partial charge in [0.25, 0.3) is 0 Å². The van der Waals surface area contributed by atoms with Crippen LogP contribution in [0.4, 0.5) is 0 Å². The predicted molar refractivity (Wildman–Crippen MR) is 128 cm³/mol. The third-order valence-electron chi connectivity index (χ3n) is 4.89. The molecule has 0 N–H and O–H groups in total. The van der Waals surface area contributed by atoms with Gasteiger partial charge in [-0.2, -0.15) is 0 Å². The minimum absolute atomic E-state index is 0.180. The molecule has 0 aliphatic rings. The van der Waals surface area contributed by atoms with E-state index in [0.29, 0.717) is 5.56 Å². The lowest BCUT2D eigenvalue weighted by Crippen LogP contribution is -2.18. The number of rotatable bonds is 8. The molecule has 3 aromatic rings. The highest BCUT2D eigenvalue weighted by atomic mass is 16.5. The lowest BCUT2D eigenvalue weighted by molar-refractivity contribution is 0.0413. The molecule has 0 bridgehead atoms. The first-order chi connectivity index (χ1) is 15.4. The van der Waals surface area contributed by atoms with Gasteiger partial charge in [-0.3, -0.25) is 0 Å². The van der Waals surface area contributed by atoms with Gasteiger partial charge in [0.1, 0.15) is 0 Å². The molecule has 166 valence electrons. The SMILES string of the molecule is CC(C)COC(=O)c1cccc(-c2ccccc2-c2ccccc2)c1C(=O)OCC(C)C. The fraction of sp³-hybridized carbons (Fsp3) is 0.286. The summed E-state index contributed by atoms with van der Waals surface area (Å²) in [5, 5.41) is 0. The van der Waals surface area contributed by atoms with Crippen molar-refractivity contribution in [1.29, 1.82) is 0 Å². The van der Waals surface area contributed by atoms with E-state index in [2.05, 4.69) is 0 Å². The monoisotopic (exact) mass is 430 g/mol. The van der Waals surface area contributed by atoms with Crippen LogP contribution in [0, 0.1) is 11.8 Å². The van der Waals surface area contributed by atoms with Gasteiger partial charge in [-0.1, -0.05) is 94.4 Å². The summed E-state index contributed by atoms with van der Waals surface area (Å²) in [6.45, 7) is 8.44. The first kappa shape index (κ1) is 23.3. The largest absolute Gasteiger partial charge is 0.462 e. The zero-order chi connectivity index (χ0) is 23.1. The Hall–Kier alpha value is -3.40. The van der Waals surface area contributed by atoms with Crippen molar-refractivity contribution in [3.63, 3.8) is 0 Å². The summed E-state index contributed by atoms with van der Waals surface area (Å²) >= 11 is 0. The molecular formula is C28H30O4. The Morgan fingerprint density at radius 2 is 1.16 bits per heavy atom. The van der Waals surface area contributed by atoms with E-state index >= 15 is 0 Å². The van der Waals surface area contributed by atoms with Crippen molar-refractivity contribution in [3.8, 4) is 22.3 Å². The zero-order valence-corrected chi connectivity index (χ0v) is 19.1. The molecule has 0 atom stereocenters. The molecule has 0 saturated carbocycles. The summed E-state index contributed by atoms with van der Waals surface area (Å²) in [5.41, 5.74) is 3.96. The average Bonchev–Trinajstić information content (AvgIpc) is 2.81. The van der Waals surface area contributed by atoms with Gasteiger partial charge in [0.15, 0.2) is 0 Å². The van der Waals surface area contributed by atoms with Gasteiger partial charge in [-0.25, -0.2) is 9.59 Å². The summed E-state index contributed by atoms with van der Waals surface area (Å²) in [7, 11) is 0. The van der Waals surface area contributed by atoms with Crippen molar-refractivity contribution in [2.24, 2.45) is 11.8 Å². The van der Waals surface area contributed by atoms with Crippen molar-refractivity contribution in [3.05, 3.63) is 83.9 Å². The van der Waals surface area contributed by atoms with Crippen LogP contribution in [-0.2, 0) is 9.47 Å². The molecule has 0 aliphatic carbocycles. The molecule has 0 aliphatic heterocycles. The number of benzene rings is 3. The van der Waals surface area contributed by atoms with E-state index in [1.807, 2.05) is 88.4 Å². The molecular weight excluding hydrogens is 400 g/mol. The van der Waals surface area contributed by atoms with Crippen LogP contribution in [0.5, 0.6) is 0 Å². The maximum atomic E-state index is 13.2. The fourth-order valence-electron chi connectivity index (χ4n) is 3.39. The molecule has 32 heavy (non-hydrogen) atoms. The second-order valence-electron chi connectivity index (χ2n) is 8.62. The molecule has 0 amide bonds. The number of ether oxygens (including phenoxy) is 2. The van der Waals surface area contributed by atoms with Crippen molar-refractivity contribution in [1.82, 2.24) is 0 Å². The van der Waals surface area contributed by atoms with Gasteiger partial charge >= 0.3 is 11.9 Å². The highest BCUT2D eigenvalue weighted by molar-refractivity contribution is 6.09. The van der Waals surface area contributed by atoms with Crippen LogP contribution in [0.1, 0.15) is 48.4 Å². The molecule has 0 aromatic heterocycles.